The van der Waals surface area contributed by atoms with Gasteiger partial charge < -0.3 is 14.8 Å². The second-order valence-electron chi connectivity index (χ2n) is 6.21. The van der Waals surface area contributed by atoms with E-state index in [0.29, 0.717) is 23.4 Å². The van der Waals surface area contributed by atoms with Gasteiger partial charge in [-0.25, -0.2) is 4.79 Å². The monoisotopic (exact) mass is 343 g/mol. The van der Waals surface area contributed by atoms with E-state index >= 15 is 0 Å². The van der Waals surface area contributed by atoms with Gasteiger partial charge in [0.15, 0.2) is 0 Å². The number of esters is 1. The fraction of sp³-hybridized carbons (Fsp3) is 0.316. The molecular formula is C19H18ClNO3. The lowest BCUT2D eigenvalue weighted by Gasteiger charge is -2.33. The van der Waals surface area contributed by atoms with Crippen molar-refractivity contribution in [2.45, 2.75) is 24.2 Å². The number of piperidine rings is 1. The molecule has 5 heteroatoms. The normalized spacial score (nSPS) is 25.6. The van der Waals surface area contributed by atoms with Crippen molar-refractivity contribution >= 4 is 17.6 Å². The van der Waals surface area contributed by atoms with Gasteiger partial charge in [-0.05, 0) is 17.7 Å². The lowest BCUT2D eigenvalue weighted by Crippen LogP contribution is -2.44. The zero-order valence-corrected chi connectivity index (χ0v) is 13.9. The summed E-state index contributed by atoms with van der Waals surface area (Å²) in [6.45, 7) is 1.52. The van der Waals surface area contributed by atoms with Crippen LogP contribution in [0.15, 0.2) is 54.6 Å². The van der Waals surface area contributed by atoms with Gasteiger partial charge >= 0.3 is 5.97 Å². The van der Waals surface area contributed by atoms with Gasteiger partial charge in [-0.2, -0.15) is 0 Å². The molecule has 0 aliphatic carbocycles. The third-order valence-corrected chi connectivity index (χ3v) is 4.92. The predicted molar refractivity (Wildman–Crippen MR) is 90.7 cm³/mol. The van der Waals surface area contributed by atoms with Crippen molar-refractivity contribution in [2.75, 3.05) is 13.1 Å². The highest BCUT2D eigenvalue weighted by Gasteiger charge is 2.60. The van der Waals surface area contributed by atoms with Gasteiger partial charge in [-0.1, -0.05) is 54.1 Å². The first kappa shape index (κ1) is 15.6. The molecule has 2 aliphatic heterocycles. The molecule has 0 amide bonds. The number of carbonyl (C=O) groups excluding carboxylic acids is 1. The summed E-state index contributed by atoms with van der Waals surface area (Å²) < 4.78 is 12.3. The van der Waals surface area contributed by atoms with Crippen molar-refractivity contribution in [1.82, 2.24) is 5.32 Å². The lowest BCUT2D eigenvalue weighted by atomic mass is 9.86. The van der Waals surface area contributed by atoms with Gasteiger partial charge in [0.25, 0.3) is 0 Å². The van der Waals surface area contributed by atoms with Crippen LogP contribution in [-0.4, -0.2) is 24.8 Å². The molecule has 2 heterocycles. The number of rotatable bonds is 2. The van der Waals surface area contributed by atoms with E-state index in [1.165, 1.54) is 0 Å². The first-order valence-electron chi connectivity index (χ1n) is 8.11. The molecule has 0 bridgehead atoms. The van der Waals surface area contributed by atoms with Gasteiger partial charge in [-0.15, -0.1) is 0 Å². The number of nitrogens with one attached hydrogen (secondary N) is 1. The summed E-state index contributed by atoms with van der Waals surface area (Å²) in [6.07, 6.45) is 1.27. The number of hydrogen-bond acceptors (Lipinski definition) is 4. The van der Waals surface area contributed by atoms with Crippen molar-refractivity contribution in [2.24, 2.45) is 0 Å². The van der Waals surface area contributed by atoms with Crippen molar-refractivity contribution in [3.05, 3.63) is 70.7 Å². The maximum Gasteiger partial charge on any atom is 0.350 e. The number of benzene rings is 2. The minimum Gasteiger partial charge on any atom is -0.430 e. The fourth-order valence-corrected chi connectivity index (χ4v) is 3.68. The molecule has 4 rings (SSSR count). The predicted octanol–water partition coefficient (Wildman–Crippen LogP) is 3.24. The summed E-state index contributed by atoms with van der Waals surface area (Å²) >= 11 is 6.18. The Kier molecular flexibility index (Phi) is 3.83. The van der Waals surface area contributed by atoms with Crippen molar-refractivity contribution in [3.8, 4) is 0 Å². The number of halogens is 1. The molecule has 0 radical (unpaired) electrons. The number of hydrogen-bond donors (Lipinski definition) is 1. The third kappa shape index (κ3) is 2.42. The van der Waals surface area contributed by atoms with Gasteiger partial charge in [0.05, 0.1) is 0 Å². The molecule has 2 fully saturated rings. The minimum atomic E-state index is -1.27. The van der Waals surface area contributed by atoms with Crippen molar-refractivity contribution < 1.29 is 14.3 Å². The summed E-state index contributed by atoms with van der Waals surface area (Å²) in [7, 11) is 0. The SMILES string of the molecule is O=C1OC2(CCNCC2)OC1(c1ccccc1)c1cccc(Cl)c1. The lowest BCUT2D eigenvalue weighted by molar-refractivity contribution is -0.198. The molecule has 0 aromatic heterocycles. The molecule has 1 N–H and O–H groups in total. The summed E-state index contributed by atoms with van der Waals surface area (Å²) in [5.74, 6) is -1.25. The van der Waals surface area contributed by atoms with Crippen LogP contribution in [0.5, 0.6) is 0 Å². The Morgan fingerprint density at radius 3 is 2.38 bits per heavy atom. The second kappa shape index (κ2) is 5.88. The molecule has 1 spiro atoms. The number of ether oxygens (including phenoxy) is 2. The highest BCUT2D eigenvalue weighted by Crippen LogP contribution is 2.48. The van der Waals surface area contributed by atoms with E-state index in [9.17, 15) is 4.79 Å². The first-order valence-corrected chi connectivity index (χ1v) is 8.48. The fourth-order valence-electron chi connectivity index (χ4n) is 3.49. The molecule has 2 aromatic carbocycles. The highest BCUT2D eigenvalue weighted by molar-refractivity contribution is 6.30. The van der Waals surface area contributed by atoms with Crippen LogP contribution in [0.1, 0.15) is 24.0 Å². The van der Waals surface area contributed by atoms with Crippen LogP contribution in [0.25, 0.3) is 0 Å². The second-order valence-corrected chi connectivity index (χ2v) is 6.65. The molecule has 2 aliphatic rings. The molecule has 1 unspecified atom stereocenters. The van der Waals surface area contributed by atoms with Crippen molar-refractivity contribution in [1.29, 1.82) is 0 Å². The topological polar surface area (TPSA) is 47.6 Å². The minimum absolute atomic E-state index is 0.377. The van der Waals surface area contributed by atoms with E-state index in [-0.39, 0.29) is 5.97 Å². The average Bonchev–Trinajstić information content (AvgIpc) is 2.89. The average molecular weight is 344 g/mol. The maximum absolute atomic E-state index is 13.1. The van der Waals surface area contributed by atoms with Crippen molar-refractivity contribution in [3.63, 3.8) is 0 Å². The van der Waals surface area contributed by atoms with Gasteiger partial charge in [0.1, 0.15) is 0 Å². The Labute approximate surface area is 145 Å². The van der Waals surface area contributed by atoms with Crippen LogP contribution in [0.2, 0.25) is 5.02 Å². The van der Waals surface area contributed by atoms with E-state index in [0.717, 1.165) is 18.7 Å². The largest absolute Gasteiger partial charge is 0.430 e. The number of carbonyl (C=O) groups is 1. The van der Waals surface area contributed by atoms with Gasteiger partial charge in [0, 0.05) is 36.5 Å². The molecule has 0 saturated carbocycles. The first-order chi connectivity index (χ1) is 11.6. The van der Waals surface area contributed by atoms with E-state index in [1.54, 1.807) is 12.1 Å². The zero-order chi connectivity index (χ0) is 16.6. The van der Waals surface area contributed by atoms with E-state index in [1.807, 2.05) is 42.5 Å². The van der Waals surface area contributed by atoms with E-state index < -0.39 is 11.4 Å². The smallest absolute Gasteiger partial charge is 0.350 e. The maximum atomic E-state index is 13.1. The Morgan fingerprint density at radius 1 is 0.958 bits per heavy atom. The standard InChI is InChI=1S/C19H18ClNO3/c20-16-8-4-7-15(13-16)19(14-5-2-1-3-6-14)17(22)23-18(24-19)9-11-21-12-10-18/h1-8,13,21H,9-12H2. The molecule has 2 aromatic rings. The van der Waals surface area contributed by atoms with Gasteiger partial charge in [0.2, 0.25) is 11.4 Å². The molecule has 1 atom stereocenters. The van der Waals surface area contributed by atoms with Crippen LogP contribution < -0.4 is 5.32 Å². The molecule has 24 heavy (non-hydrogen) atoms. The zero-order valence-electron chi connectivity index (χ0n) is 13.1. The van der Waals surface area contributed by atoms with Crippen LogP contribution in [0, 0.1) is 0 Å². The Balaban J connectivity index is 1.87. The Bertz CT molecular complexity index is 758. The van der Waals surface area contributed by atoms with Crippen LogP contribution in [0.4, 0.5) is 0 Å². The van der Waals surface area contributed by atoms with E-state index in [4.69, 9.17) is 21.1 Å². The quantitative estimate of drug-likeness (QED) is 0.850. The highest BCUT2D eigenvalue weighted by atomic mass is 35.5. The molecule has 4 nitrogen and oxygen atoms in total. The summed E-state index contributed by atoms with van der Waals surface area (Å²) in [4.78, 5) is 13.1. The summed E-state index contributed by atoms with van der Waals surface area (Å²) in [5, 5.41) is 3.83. The Morgan fingerprint density at radius 2 is 1.67 bits per heavy atom. The Hall–Kier alpha value is -1.88. The molecule has 2 saturated heterocycles. The summed E-state index contributed by atoms with van der Waals surface area (Å²) in [5.41, 5.74) is 0.179. The van der Waals surface area contributed by atoms with Crippen LogP contribution >= 0.6 is 11.6 Å². The summed E-state index contributed by atoms with van der Waals surface area (Å²) in [6, 6.07) is 16.7. The van der Waals surface area contributed by atoms with Gasteiger partial charge in [-0.3, -0.25) is 0 Å². The molecular weight excluding hydrogens is 326 g/mol. The van der Waals surface area contributed by atoms with Crippen LogP contribution in [0.3, 0.4) is 0 Å². The van der Waals surface area contributed by atoms with E-state index in [2.05, 4.69) is 5.32 Å². The molecule has 124 valence electrons. The third-order valence-electron chi connectivity index (χ3n) is 4.68. The van der Waals surface area contributed by atoms with Crippen LogP contribution in [-0.2, 0) is 19.9 Å².